The molecule has 1 heterocycles. The van der Waals surface area contributed by atoms with Gasteiger partial charge in [-0.15, -0.1) is 0 Å². The number of carbonyl (C=O) groups excluding carboxylic acids is 1. The molecular weight excluding hydrogens is 268 g/mol. The van der Waals surface area contributed by atoms with Crippen molar-refractivity contribution in [1.82, 2.24) is 15.2 Å². The summed E-state index contributed by atoms with van der Waals surface area (Å²) in [5.41, 5.74) is 6.71. The summed E-state index contributed by atoms with van der Waals surface area (Å²) in [6.45, 7) is 5.71. The van der Waals surface area contributed by atoms with E-state index in [1.54, 1.807) is 0 Å². The van der Waals surface area contributed by atoms with Gasteiger partial charge in [-0.3, -0.25) is 0 Å². The molecular formula is C15H18N4O2. The molecule has 0 saturated carbocycles. The van der Waals surface area contributed by atoms with Gasteiger partial charge in [-0.05, 0) is 32.9 Å². The normalized spacial score (nSPS) is 11.3. The van der Waals surface area contributed by atoms with Crippen LogP contribution >= 0.6 is 0 Å². The summed E-state index contributed by atoms with van der Waals surface area (Å²) in [5.74, 6) is 0. The first-order valence-corrected chi connectivity index (χ1v) is 6.55. The molecule has 0 atom stereocenters. The fraction of sp³-hybridized carbons (Fsp3) is 0.267. The Kier molecular flexibility index (Phi) is 4.37. The second-order valence-corrected chi connectivity index (χ2v) is 4.59. The van der Waals surface area contributed by atoms with Gasteiger partial charge < -0.3 is 4.74 Å². The molecule has 0 spiro atoms. The van der Waals surface area contributed by atoms with E-state index in [0.29, 0.717) is 5.71 Å². The summed E-state index contributed by atoms with van der Waals surface area (Å²) in [4.78, 5) is 11.1. The number of aryl methyl sites for hydroxylation is 1. The highest BCUT2D eigenvalue weighted by atomic mass is 16.5. The average molecular weight is 286 g/mol. The molecule has 21 heavy (non-hydrogen) atoms. The molecule has 2 rings (SSSR count). The zero-order chi connectivity index (χ0) is 15.4. The van der Waals surface area contributed by atoms with Gasteiger partial charge in [0, 0.05) is 5.56 Å². The molecule has 0 bridgehead atoms. The van der Waals surface area contributed by atoms with Crippen LogP contribution in [0.25, 0.3) is 5.69 Å². The van der Waals surface area contributed by atoms with E-state index in [1.807, 2.05) is 55.8 Å². The number of aromatic nitrogens is 2. The van der Waals surface area contributed by atoms with E-state index in [0.717, 1.165) is 22.6 Å². The van der Waals surface area contributed by atoms with Gasteiger partial charge in [-0.1, -0.05) is 18.2 Å². The van der Waals surface area contributed by atoms with Gasteiger partial charge in [0.1, 0.15) is 0 Å². The minimum atomic E-state index is -0.597. The molecule has 1 aromatic heterocycles. The molecule has 6 heteroatoms. The maximum Gasteiger partial charge on any atom is 0.427 e. The second-order valence-electron chi connectivity index (χ2n) is 4.59. The Labute approximate surface area is 123 Å². The van der Waals surface area contributed by atoms with Crippen molar-refractivity contribution < 1.29 is 9.53 Å². The van der Waals surface area contributed by atoms with Crippen molar-refractivity contribution >= 4 is 11.8 Å². The minimum absolute atomic E-state index is 0.597. The van der Waals surface area contributed by atoms with Crippen LogP contribution in [0.5, 0.6) is 0 Å². The summed E-state index contributed by atoms with van der Waals surface area (Å²) in [7, 11) is 1.30. The van der Waals surface area contributed by atoms with Crippen molar-refractivity contribution in [1.29, 1.82) is 0 Å². The summed E-state index contributed by atoms with van der Waals surface area (Å²) in [6, 6.07) is 9.87. The number of nitrogens with one attached hydrogen (secondary N) is 1. The average Bonchev–Trinajstić information content (AvgIpc) is 2.80. The predicted molar refractivity (Wildman–Crippen MR) is 80.8 cm³/mol. The van der Waals surface area contributed by atoms with Gasteiger partial charge in [-0.25, -0.2) is 14.9 Å². The molecule has 0 saturated heterocycles. The molecule has 0 aliphatic carbocycles. The zero-order valence-corrected chi connectivity index (χ0v) is 12.5. The first-order chi connectivity index (χ1) is 10.0. The largest absolute Gasteiger partial charge is 0.452 e. The van der Waals surface area contributed by atoms with Crippen LogP contribution in [0.3, 0.4) is 0 Å². The van der Waals surface area contributed by atoms with Crippen molar-refractivity contribution in [2.24, 2.45) is 5.10 Å². The van der Waals surface area contributed by atoms with E-state index in [1.165, 1.54) is 7.11 Å². The van der Waals surface area contributed by atoms with Crippen LogP contribution in [0.15, 0.2) is 35.4 Å². The molecule has 0 unspecified atom stereocenters. The van der Waals surface area contributed by atoms with Crippen molar-refractivity contribution in [2.45, 2.75) is 20.8 Å². The Bertz CT molecular complexity index is 674. The van der Waals surface area contributed by atoms with Gasteiger partial charge in [-0.2, -0.15) is 10.2 Å². The molecule has 6 nitrogen and oxygen atoms in total. The van der Waals surface area contributed by atoms with E-state index < -0.39 is 6.09 Å². The maximum absolute atomic E-state index is 11.1. The quantitative estimate of drug-likeness (QED) is 0.696. The number of ether oxygens (including phenoxy) is 1. The number of carbonyl (C=O) groups is 1. The molecule has 1 amide bonds. The number of hydrogen-bond donors (Lipinski definition) is 1. The number of amides is 1. The smallest absolute Gasteiger partial charge is 0.427 e. The summed E-state index contributed by atoms with van der Waals surface area (Å²) in [5, 5.41) is 8.57. The monoisotopic (exact) mass is 286 g/mol. The van der Waals surface area contributed by atoms with Gasteiger partial charge in [0.2, 0.25) is 0 Å². The Morgan fingerprint density at radius 3 is 2.57 bits per heavy atom. The van der Waals surface area contributed by atoms with Crippen molar-refractivity contribution in [2.75, 3.05) is 7.11 Å². The molecule has 110 valence electrons. The van der Waals surface area contributed by atoms with Crippen molar-refractivity contribution in [3.63, 3.8) is 0 Å². The zero-order valence-electron chi connectivity index (χ0n) is 12.5. The molecule has 0 radical (unpaired) electrons. The van der Waals surface area contributed by atoms with Gasteiger partial charge in [0.25, 0.3) is 0 Å². The second kappa shape index (κ2) is 6.21. The molecule has 2 aromatic rings. The lowest BCUT2D eigenvalue weighted by Crippen LogP contribution is -2.19. The fourth-order valence-corrected chi connectivity index (χ4v) is 2.22. The number of rotatable bonds is 3. The van der Waals surface area contributed by atoms with Crippen LogP contribution in [0.1, 0.15) is 23.9 Å². The lowest BCUT2D eigenvalue weighted by atomic mass is 10.1. The minimum Gasteiger partial charge on any atom is -0.452 e. The summed E-state index contributed by atoms with van der Waals surface area (Å²) < 4.78 is 6.36. The number of para-hydroxylation sites is 1. The van der Waals surface area contributed by atoms with E-state index in [-0.39, 0.29) is 0 Å². The fourth-order valence-electron chi connectivity index (χ4n) is 2.22. The Morgan fingerprint density at radius 1 is 1.29 bits per heavy atom. The first-order valence-electron chi connectivity index (χ1n) is 6.55. The number of nitrogens with zero attached hydrogens (tertiary/aromatic N) is 3. The Morgan fingerprint density at radius 2 is 1.95 bits per heavy atom. The van der Waals surface area contributed by atoms with E-state index >= 15 is 0 Å². The maximum atomic E-state index is 11.1. The van der Waals surface area contributed by atoms with Gasteiger partial charge in [0.05, 0.1) is 29.9 Å². The SMILES string of the molecule is COC(=O)N/N=C(\C)c1c(C)nn(-c2ccccc2)c1C. The molecule has 0 aliphatic heterocycles. The third-order valence-corrected chi connectivity index (χ3v) is 3.15. The molecule has 1 aromatic carbocycles. The molecule has 1 N–H and O–H groups in total. The third kappa shape index (κ3) is 3.10. The predicted octanol–water partition coefficient (Wildman–Crippen LogP) is 2.57. The summed E-state index contributed by atoms with van der Waals surface area (Å²) in [6.07, 6.45) is -0.597. The van der Waals surface area contributed by atoms with Crippen molar-refractivity contribution in [3.8, 4) is 5.69 Å². The Hall–Kier alpha value is -2.63. The van der Waals surface area contributed by atoms with Gasteiger partial charge in [0.15, 0.2) is 0 Å². The van der Waals surface area contributed by atoms with E-state index in [2.05, 4.69) is 20.4 Å². The number of hydrazone groups is 1. The highest BCUT2D eigenvalue weighted by molar-refractivity contribution is 6.01. The molecule has 0 fully saturated rings. The van der Waals surface area contributed by atoms with Crippen LogP contribution in [0, 0.1) is 13.8 Å². The van der Waals surface area contributed by atoms with Crippen LogP contribution in [-0.4, -0.2) is 28.7 Å². The number of benzene rings is 1. The summed E-state index contributed by atoms with van der Waals surface area (Å²) >= 11 is 0. The third-order valence-electron chi connectivity index (χ3n) is 3.15. The first kappa shape index (κ1) is 14.8. The number of hydrogen-bond acceptors (Lipinski definition) is 4. The number of methoxy groups -OCH3 is 1. The van der Waals surface area contributed by atoms with Crippen molar-refractivity contribution in [3.05, 3.63) is 47.3 Å². The van der Waals surface area contributed by atoms with Crippen LogP contribution in [-0.2, 0) is 4.74 Å². The van der Waals surface area contributed by atoms with E-state index in [9.17, 15) is 4.79 Å². The standard InChI is InChI=1S/C15H18N4O2/c1-10(16-17-15(20)21-4)14-11(2)18-19(12(14)3)13-8-6-5-7-9-13/h5-9H,1-4H3,(H,17,20)/b16-10+. The lowest BCUT2D eigenvalue weighted by molar-refractivity contribution is 0.171. The van der Waals surface area contributed by atoms with Crippen LogP contribution in [0.4, 0.5) is 4.79 Å². The molecule has 0 aliphatic rings. The van der Waals surface area contributed by atoms with Crippen LogP contribution in [0.2, 0.25) is 0 Å². The van der Waals surface area contributed by atoms with Crippen LogP contribution < -0.4 is 5.43 Å². The highest BCUT2D eigenvalue weighted by Gasteiger charge is 2.15. The Balaban J connectivity index is 2.38. The lowest BCUT2D eigenvalue weighted by Gasteiger charge is -2.05. The highest BCUT2D eigenvalue weighted by Crippen LogP contribution is 2.18. The van der Waals surface area contributed by atoms with E-state index in [4.69, 9.17) is 0 Å². The van der Waals surface area contributed by atoms with Gasteiger partial charge >= 0.3 is 6.09 Å². The topological polar surface area (TPSA) is 68.5 Å².